The van der Waals surface area contributed by atoms with Gasteiger partial charge in [-0.2, -0.15) is 10.1 Å². The number of carbonyl (C=O) groups is 1. The van der Waals surface area contributed by atoms with E-state index in [1.54, 1.807) is 16.5 Å². The van der Waals surface area contributed by atoms with Crippen molar-refractivity contribution in [3.8, 4) is 0 Å². The van der Waals surface area contributed by atoms with E-state index in [0.717, 1.165) is 11.4 Å². The van der Waals surface area contributed by atoms with Gasteiger partial charge >= 0.3 is 0 Å². The van der Waals surface area contributed by atoms with Crippen molar-refractivity contribution in [2.75, 3.05) is 13.2 Å². The lowest BCUT2D eigenvalue weighted by molar-refractivity contribution is -0.148. The first-order valence-electron chi connectivity index (χ1n) is 7.68. The van der Waals surface area contributed by atoms with Crippen LogP contribution >= 0.6 is 0 Å². The molecule has 8 nitrogen and oxygen atoms in total. The maximum Gasteiger partial charge on any atom is 0.252 e. The van der Waals surface area contributed by atoms with Crippen LogP contribution in [0.2, 0.25) is 0 Å². The number of aromatic nitrogens is 4. The molecule has 2 aromatic rings. The van der Waals surface area contributed by atoms with Crippen molar-refractivity contribution in [3.05, 3.63) is 29.2 Å². The molecule has 0 unspecified atom stereocenters. The smallest absolute Gasteiger partial charge is 0.252 e. The van der Waals surface area contributed by atoms with Gasteiger partial charge in [-0.3, -0.25) is 9.48 Å². The Kier molecular flexibility index (Phi) is 4.16. The van der Waals surface area contributed by atoms with E-state index in [4.69, 9.17) is 9.26 Å². The van der Waals surface area contributed by atoms with E-state index in [9.17, 15) is 4.79 Å². The molecular weight excluding hydrogens is 298 g/mol. The molecule has 0 spiro atoms. The van der Waals surface area contributed by atoms with E-state index in [1.165, 1.54) is 0 Å². The van der Waals surface area contributed by atoms with Crippen molar-refractivity contribution in [3.63, 3.8) is 0 Å². The van der Waals surface area contributed by atoms with Crippen LogP contribution in [0.1, 0.15) is 36.1 Å². The Morgan fingerprint density at radius 3 is 2.78 bits per heavy atom. The predicted octanol–water partition coefficient (Wildman–Crippen LogP) is 1.18. The second-order valence-electron chi connectivity index (χ2n) is 5.87. The van der Waals surface area contributed by atoms with Gasteiger partial charge in [0.25, 0.3) is 5.89 Å². The molecule has 1 aliphatic heterocycles. The van der Waals surface area contributed by atoms with Crippen molar-refractivity contribution in [1.29, 1.82) is 0 Å². The highest BCUT2D eigenvalue weighted by atomic mass is 16.5. The largest absolute Gasteiger partial charge is 0.374 e. The predicted molar refractivity (Wildman–Crippen MR) is 80.6 cm³/mol. The fraction of sp³-hybridized carbons (Fsp3) is 0.600. The lowest BCUT2D eigenvalue weighted by atomic mass is 10.1. The van der Waals surface area contributed by atoms with Crippen molar-refractivity contribution < 1.29 is 14.1 Å². The minimum atomic E-state index is -0.366. The van der Waals surface area contributed by atoms with E-state index in [2.05, 4.69) is 15.2 Å². The summed E-state index contributed by atoms with van der Waals surface area (Å²) in [6.45, 7) is 8.69. The molecule has 1 aliphatic rings. The van der Waals surface area contributed by atoms with Gasteiger partial charge in [0.15, 0.2) is 5.82 Å². The number of hydrogen-bond donors (Lipinski definition) is 0. The molecule has 0 N–H and O–H groups in total. The molecule has 0 aliphatic carbocycles. The lowest BCUT2D eigenvalue weighted by Gasteiger charge is -2.37. The Balaban J connectivity index is 1.83. The molecule has 0 bridgehead atoms. The van der Waals surface area contributed by atoms with Crippen LogP contribution in [0.4, 0.5) is 0 Å². The lowest BCUT2D eigenvalue weighted by Crippen LogP contribution is -2.48. The standard InChI is InChI=1S/C15H21N5O3/c1-9-7-10(2)20(17-9)8-13(21)19-5-6-22-11(3)14(19)15-16-12(4)18-23-15/h7,11,14H,5-6,8H2,1-4H3/t11-,14+/m1/s1. The van der Waals surface area contributed by atoms with Gasteiger partial charge in [0.05, 0.1) is 18.4 Å². The molecule has 23 heavy (non-hydrogen) atoms. The average molecular weight is 319 g/mol. The van der Waals surface area contributed by atoms with Crippen LogP contribution in [-0.2, 0) is 16.1 Å². The van der Waals surface area contributed by atoms with Gasteiger partial charge in [0.1, 0.15) is 12.6 Å². The number of rotatable bonds is 3. The van der Waals surface area contributed by atoms with Crippen LogP contribution in [0.5, 0.6) is 0 Å². The number of morpholine rings is 1. The molecule has 0 radical (unpaired) electrons. The number of ether oxygens (including phenoxy) is 1. The fourth-order valence-corrected chi connectivity index (χ4v) is 2.92. The van der Waals surface area contributed by atoms with Crippen molar-refractivity contribution in [2.45, 2.75) is 46.4 Å². The molecule has 1 saturated heterocycles. The number of aryl methyl sites for hydroxylation is 3. The topological polar surface area (TPSA) is 86.3 Å². The number of amides is 1. The first-order valence-corrected chi connectivity index (χ1v) is 7.68. The highest BCUT2D eigenvalue weighted by molar-refractivity contribution is 5.76. The molecule has 1 amide bonds. The van der Waals surface area contributed by atoms with Gasteiger partial charge in [0.2, 0.25) is 5.91 Å². The maximum absolute atomic E-state index is 12.8. The second kappa shape index (κ2) is 6.11. The minimum Gasteiger partial charge on any atom is -0.374 e. The highest BCUT2D eigenvalue weighted by Crippen LogP contribution is 2.28. The molecule has 2 atom stereocenters. The van der Waals surface area contributed by atoms with Gasteiger partial charge in [-0.15, -0.1) is 0 Å². The van der Waals surface area contributed by atoms with Crippen LogP contribution in [0.15, 0.2) is 10.6 Å². The third-order valence-corrected chi connectivity index (χ3v) is 4.00. The van der Waals surface area contributed by atoms with Gasteiger partial charge < -0.3 is 14.2 Å². The Hall–Kier alpha value is -2.22. The molecule has 2 aromatic heterocycles. The van der Waals surface area contributed by atoms with Gasteiger partial charge in [-0.1, -0.05) is 5.16 Å². The van der Waals surface area contributed by atoms with Crippen molar-refractivity contribution >= 4 is 5.91 Å². The van der Waals surface area contributed by atoms with E-state index in [1.807, 2.05) is 26.8 Å². The summed E-state index contributed by atoms with van der Waals surface area (Å²) in [5.74, 6) is 0.923. The molecule has 0 saturated carbocycles. The summed E-state index contributed by atoms with van der Waals surface area (Å²) in [6, 6.07) is 1.59. The molecule has 3 rings (SSSR count). The third kappa shape index (κ3) is 3.12. The highest BCUT2D eigenvalue weighted by Gasteiger charge is 2.37. The molecule has 0 aromatic carbocycles. The first kappa shape index (κ1) is 15.7. The average Bonchev–Trinajstić information content (AvgIpc) is 3.04. The Morgan fingerprint density at radius 2 is 2.17 bits per heavy atom. The van der Waals surface area contributed by atoms with Gasteiger partial charge in [0, 0.05) is 12.2 Å². The maximum atomic E-state index is 12.8. The summed E-state index contributed by atoms with van der Waals surface area (Å²) < 4.78 is 12.7. The monoisotopic (exact) mass is 319 g/mol. The zero-order valence-electron chi connectivity index (χ0n) is 13.8. The third-order valence-electron chi connectivity index (χ3n) is 4.00. The number of carbonyl (C=O) groups excluding carboxylic acids is 1. The fourth-order valence-electron chi connectivity index (χ4n) is 2.92. The summed E-state index contributed by atoms with van der Waals surface area (Å²) in [6.07, 6.45) is -0.201. The molecule has 1 fully saturated rings. The van der Waals surface area contributed by atoms with E-state index in [0.29, 0.717) is 24.9 Å². The van der Waals surface area contributed by atoms with Crippen LogP contribution < -0.4 is 0 Å². The summed E-state index contributed by atoms with van der Waals surface area (Å²) >= 11 is 0. The normalized spacial score (nSPS) is 21.7. The molecule has 3 heterocycles. The Morgan fingerprint density at radius 1 is 1.39 bits per heavy atom. The minimum absolute atomic E-state index is 0.0350. The Labute approximate surface area is 134 Å². The van der Waals surface area contributed by atoms with Crippen molar-refractivity contribution in [2.24, 2.45) is 0 Å². The van der Waals surface area contributed by atoms with Crippen LogP contribution in [0, 0.1) is 20.8 Å². The SMILES string of the molecule is Cc1cc(C)n(CC(=O)N2CCO[C@H](C)[C@H]2c2nc(C)no2)n1. The van der Waals surface area contributed by atoms with Crippen LogP contribution in [-0.4, -0.2) is 50.0 Å². The summed E-state index contributed by atoms with van der Waals surface area (Å²) in [5.41, 5.74) is 1.86. The molecular formula is C15H21N5O3. The zero-order chi connectivity index (χ0) is 16.6. The summed E-state index contributed by atoms with van der Waals surface area (Å²) in [4.78, 5) is 18.8. The molecule has 124 valence electrons. The summed E-state index contributed by atoms with van der Waals surface area (Å²) in [5, 5.41) is 8.18. The number of hydrogen-bond acceptors (Lipinski definition) is 6. The van der Waals surface area contributed by atoms with Crippen LogP contribution in [0.3, 0.4) is 0 Å². The van der Waals surface area contributed by atoms with Crippen LogP contribution in [0.25, 0.3) is 0 Å². The Bertz CT molecular complexity index is 708. The molecule has 8 heteroatoms. The zero-order valence-corrected chi connectivity index (χ0v) is 13.8. The summed E-state index contributed by atoms with van der Waals surface area (Å²) in [7, 11) is 0. The first-order chi connectivity index (χ1) is 11.0. The van der Waals surface area contributed by atoms with E-state index < -0.39 is 0 Å². The quantitative estimate of drug-likeness (QED) is 0.844. The number of nitrogens with zero attached hydrogens (tertiary/aromatic N) is 5. The van der Waals surface area contributed by atoms with Gasteiger partial charge in [-0.25, -0.2) is 0 Å². The second-order valence-corrected chi connectivity index (χ2v) is 5.87. The van der Waals surface area contributed by atoms with E-state index in [-0.39, 0.29) is 24.6 Å². The van der Waals surface area contributed by atoms with Gasteiger partial charge in [-0.05, 0) is 33.8 Å². The van der Waals surface area contributed by atoms with Crippen molar-refractivity contribution in [1.82, 2.24) is 24.8 Å². The van der Waals surface area contributed by atoms with E-state index >= 15 is 0 Å².